The van der Waals surface area contributed by atoms with Crippen LogP contribution in [-0.2, 0) is 20.6 Å². The Bertz CT molecular complexity index is 1610. The smallest absolute Gasteiger partial charge is 0.396 e. The van der Waals surface area contributed by atoms with Crippen LogP contribution < -0.4 is 5.43 Å². The van der Waals surface area contributed by atoms with E-state index in [1.165, 1.54) is 19.3 Å². The summed E-state index contributed by atoms with van der Waals surface area (Å²) in [7, 11) is -3.52. The second-order valence-corrected chi connectivity index (χ2v) is 21.3. The van der Waals surface area contributed by atoms with E-state index in [-0.39, 0.29) is 41.4 Å². The van der Waals surface area contributed by atoms with Crippen LogP contribution in [-0.4, -0.2) is 90.7 Å². The molecule has 10 atom stereocenters. The Kier molecular flexibility index (Phi) is 12.3. The highest BCUT2D eigenvalue weighted by Gasteiger charge is 2.73. The normalized spacial score (nSPS) is 39.4. The molecule has 0 radical (unpaired) electrons. The number of halogens is 3. The number of piperidine rings is 2. The predicted molar refractivity (Wildman–Crippen MR) is 211 cm³/mol. The van der Waals surface area contributed by atoms with Crippen LogP contribution in [0.5, 0.6) is 0 Å². The molecule has 5 saturated heterocycles. The number of nitrogens with zero attached hydrogens (tertiary/aromatic N) is 3. The van der Waals surface area contributed by atoms with Gasteiger partial charge < -0.3 is 10.0 Å². The van der Waals surface area contributed by atoms with Gasteiger partial charge in [-0.05, 0) is 91.9 Å². The van der Waals surface area contributed by atoms with Crippen LogP contribution in [0.2, 0.25) is 0 Å². The van der Waals surface area contributed by atoms with Crippen LogP contribution >= 0.6 is 0 Å². The lowest BCUT2D eigenvalue weighted by molar-refractivity contribution is -0.229. The minimum Gasteiger partial charge on any atom is -0.396 e. The summed E-state index contributed by atoms with van der Waals surface area (Å²) < 4.78 is 78.6. The minimum absolute atomic E-state index is 0.0329. The third-order valence-corrected chi connectivity index (χ3v) is 18.3. The molecule has 56 heavy (non-hydrogen) atoms. The molecule has 8 nitrogen and oxygen atoms in total. The van der Waals surface area contributed by atoms with E-state index in [9.17, 15) is 13.5 Å². The van der Waals surface area contributed by atoms with Crippen LogP contribution in [0.15, 0.2) is 30.3 Å². The van der Waals surface area contributed by atoms with Crippen molar-refractivity contribution in [2.24, 2.45) is 46.8 Å². The van der Waals surface area contributed by atoms with Crippen molar-refractivity contribution in [1.29, 1.82) is 0 Å². The van der Waals surface area contributed by atoms with Gasteiger partial charge in [-0.3, -0.25) is 4.79 Å². The fourth-order valence-electron chi connectivity index (χ4n) is 13.6. The number of alkyl halides is 3. The monoisotopic (exact) mass is 804 g/mol. The van der Waals surface area contributed by atoms with E-state index < -0.39 is 39.6 Å². The molecule has 5 heterocycles. The van der Waals surface area contributed by atoms with Crippen LogP contribution in [0.3, 0.4) is 0 Å². The minimum atomic E-state index is -4.64. The van der Waals surface area contributed by atoms with Crippen molar-refractivity contribution in [2.45, 2.75) is 146 Å². The highest BCUT2D eigenvalue weighted by molar-refractivity contribution is 7.88. The van der Waals surface area contributed by atoms with Gasteiger partial charge in [0.15, 0.2) is 0 Å². The number of amides is 1. The van der Waals surface area contributed by atoms with Gasteiger partial charge in [-0.15, -0.1) is 0 Å². The molecule has 7 fully saturated rings. The van der Waals surface area contributed by atoms with Crippen molar-refractivity contribution in [2.75, 3.05) is 39.3 Å². The number of hydrogen-bond acceptors (Lipinski definition) is 6. The van der Waals surface area contributed by atoms with Crippen molar-refractivity contribution in [3.63, 3.8) is 0 Å². The van der Waals surface area contributed by atoms with Gasteiger partial charge in [0.1, 0.15) is 5.54 Å². The molecule has 2 aliphatic carbocycles. The number of carbonyl (C=O) groups is 1. The molecule has 1 aromatic rings. The number of rotatable bonds is 6. The van der Waals surface area contributed by atoms with Crippen LogP contribution in [0.25, 0.3) is 0 Å². The summed E-state index contributed by atoms with van der Waals surface area (Å²) in [5, 5.41) is 12.0. The molecule has 1 aromatic carbocycles. The SMILES string of the molecule is O=C(C1C2CC(C3CCN(S(=O)(=O)Cc4ccccc4)CC3)C34CCCCCC(CCC3)C3CCCCC(CCC3)C1(C(F)(F)F)NN2C4)N1CCC(CO)C1. The zero-order valence-corrected chi connectivity index (χ0v) is 34.3. The summed E-state index contributed by atoms with van der Waals surface area (Å²) in [6, 6.07) is 8.71. The largest absolute Gasteiger partial charge is 0.408 e. The second kappa shape index (κ2) is 16.7. The molecule has 1 amide bonds. The fraction of sp³-hybridized carbons (Fsp3) is 0.841. The first-order valence-corrected chi connectivity index (χ1v) is 24.1. The van der Waals surface area contributed by atoms with Crippen LogP contribution in [0, 0.1) is 46.8 Å². The molecule has 8 rings (SSSR count). The molecule has 314 valence electrons. The molecule has 2 saturated carbocycles. The Labute approximate surface area is 333 Å². The summed E-state index contributed by atoms with van der Waals surface area (Å²) in [6.45, 7) is 1.99. The highest BCUT2D eigenvalue weighted by atomic mass is 32.2. The molecule has 6 bridgehead atoms. The molecule has 2 N–H and O–H groups in total. The van der Waals surface area contributed by atoms with Gasteiger partial charge in [-0.2, -0.15) is 13.2 Å². The Morgan fingerprint density at radius 2 is 1.46 bits per heavy atom. The summed E-state index contributed by atoms with van der Waals surface area (Å²) in [5.41, 5.74) is 1.52. The van der Waals surface area contributed by atoms with Gasteiger partial charge in [0.25, 0.3) is 0 Å². The number of sulfonamides is 1. The van der Waals surface area contributed by atoms with Gasteiger partial charge in [0, 0.05) is 51.3 Å². The number of fused-ring (bicyclic) bond motifs is 10. The molecular weight excluding hydrogens is 738 g/mol. The Morgan fingerprint density at radius 3 is 2.18 bits per heavy atom. The first-order chi connectivity index (χ1) is 26.9. The lowest BCUT2D eigenvalue weighted by Crippen LogP contribution is -2.66. The lowest BCUT2D eigenvalue weighted by atomic mass is 9.56. The van der Waals surface area contributed by atoms with Gasteiger partial charge in [0.2, 0.25) is 15.9 Å². The number of benzene rings is 1. The predicted octanol–water partition coefficient (Wildman–Crippen LogP) is 7.92. The van der Waals surface area contributed by atoms with Gasteiger partial charge in [-0.1, -0.05) is 101 Å². The van der Waals surface area contributed by atoms with E-state index in [0.717, 1.165) is 69.8 Å². The third kappa shape index (κ3) is 7.85. The van der Waals surface area contributed by atoms with Gasteiger partial charge >= 0.3 is 6.18 Å². The maximum Gasteiger partial charge on any atom is 0.408 e. The second-order valence-electron chi connectivity index (χ2n) is 19.4. The number of hydrazine groups is 1. The fourth-order valence-corrected chi connectivity index (χ4v) is 15.2. The lowest BCUT2D eigenvalue weighted by Gasteiger charge is -2.54. The van der Waals surface area contributed by atoms with Crippen LogP contribution in [0.4, 0.5) is 13.2 Å². The summed E-state index contributed by atoms with van der Waals surface area (Å²) in [6.07, 6.45) is 12.2. The molecule has 0 aromatic heterocycles. The number of aliphatic hydroxyl groups excluding tert-OH is 1. The number of nitrogens with one attached hydrogen (secondary N) is 1. The Balaban J connectivity index is 1.18. The number of carbonyl (C=O) groups excluding carboxylic acids is 1. The molecule has 12 heteroatoms. The van der Waals surface area contributed by atoms with Crippen molar-refractivity contribution in [3.8, 4) is 0 Å². The average molecular weight is 805 g/mol. The standard InChI is InChI=1S/C44H67F3N4O4S/c45-44(46,47)43-37-17-7-6-14-34(15-9-18-37)35-13-5-2-8-22-42(23-10-16-35)31-51(48-43)39(40(43)41(53)49-24-19-33(28-49)29-52)27-38(42)36-20-25-50(26-21-36)56(54,55)30-32-11-3-1-4-12-32/h1,3-4,11-12,33-40,48,52H,2,5-10,13-31H2. The number of hydrogen-bond donors (Lipinski definition) is 2. The summed E-state index contributed by atoms with van der Waals surface area (Å²) in [4.78, 5) is 16.7. The van der Waals surface area contributed by atoms with Crippen LogP contribution in [0.1, 0.15) is 128 Å². The first-order valence-electron chi connectivity index (χ1n) is 22.5. The average Bonchev–Trinajstić information content (AvgIpc) is 3.82. The van der Waals surface area contributed by atoms with E-state index in [4.69, 9.17) is 0 Å². The molecule has 7 aliphatic rings. The molecular formula is C44H67F3N4O4S. The molecule has 1 spiro atoms. The zero-order valence-electron chi connectivity index (χ0n) is 33.4. The van der Waals surface area contributed by atoms with E-state index >= 15 is 18.0 Å². The van der Waals surface area contributed by atoms with E-state index in [1.807, 2.05) is 35.3 Å². The Hall–Kier alpha value is -1.73. The molecule has 10 unspecified atom stereocenters. The van der Waals surface area contributed by atoms with Gasteiger partial charge in [-0.25, -0.2) is 23.2 Å². The van der Waals surface area contributed by atoms with Crippen molar-refractivity contribution in [1.82, 2.24) is 19.6 Å². The van der Waals surface area contributed by atoms with Crippen molar-refractivity contribution in [3.05, 3.63) is 35.9 Å². The topological polar surface area (TPSA) is 93.2 Å². The zero-order chi connectivity index (χ0) is 39.1. The number of aliphatic hydroxyl groups is 1. The quantitative estimate of drug-likeness (QED) is 0.304. The van der Waals surface area contributed by atoms with Gasteiger partial charge in [0.05, 0.1) is 11.7 Å². The highest BCUT2D eigenvalue weighted by Crippen LogP contribution is 2.60. The maximum atomic E-state index is 16.5. The van der Waals surface area contributed by atoms with E-state index in [1.54, 1.807) is 9.21 Å². The van der Waals surface area contributed by atoms with E-state index in [2.05, 4.69) is 5.43 Å². The van der Waals surface area contributed by atoms with Crippen molar-refractivity contribution < 1.29 is 31.5 Å². The number of likely N-dealkylation sites (tertiary alicyclic amines) is 1. The summed E-state index contributed by atoms with van der Waals surface area (Å²) in [5.74, 6) is -1.02. The Morgan fingerprint density at radius 1 is 0.804 bits per heavy atom. The maximum absolute atomic E-state index is 16.5. The summed E-state index contributed by atoms with van der Waals surface area (Å²) >= 11 is 0. The van der Waals surface area contributed by atoms with E-state index in [0.29, 0.717) is 83.1 Å². The van der Waals surface area contributed by atoms with Crippen molar-refractivity contribution >= 4 is 15.9 Å². The molecule has 5 aliphatic heterocycles. The third-order valence-electron chi connectivity index (χ3n) is 16.4. The first kappa shape index (κ1) is 41.0.